The average molecular weight is 330 g/mol. The first-order valence-electron chi connectivity index (χ1n) is 7.64. The Hall–Kier alpha value is -1.76. The highest BCUT2D eigenvalue weighted by atomic mass is 19.4. The molecule has 2 rings (SSSR count). The number of amides is 2. The first-order valence-corrected chi connectivity index (χ1v) is 7.64. The van der Waals surface area contributed by atoms with Crippen LogP contribution in [-0.4, -0.2) is 35.7 Å². The quantitative estimate of drug-likeness (QED) is 0.894. The summed E-state index contributed by atoms with van der Waals surface area (Å²) in [5, 5.41) is 12.0. The van der Waals surface area contributed by atoms with Crippen LogP contribution in [0, 0.1) is 5.92 Å². The number of aliphatic hydroxyl groups excluding tert-OH is 1. The van der Waals surface area contributed by atoms with Crippen molar-refractivity contribution in [3.63, 3.8) is 0 Å². The number of hydrogen-bond donors (Lipinski definition) is 2. The number of rotatable bonds is 3. The molecule has 128 valence electrons. The van der Waals surface area contributed by atoms with Crippen molar-refractivity contribution < 1.29 is 23.1 Å². The summed E-state index contributed by atoms with van der Waals surface area (Å²) in [6, 6.07) is 4.14. The molecule has 1 aromatic carbocycles. The molecular formula is C16H21F3N2O2. The fourth-order valence-electron chi connectivity index (χ4n) is 2.72. The van der Waals surface area contributed by atoms with Gasteiger partial charge in [0.2, 0.25) is 0 Å². The lowest BCUT2D eigenvalue weighted by molar-refractivity contribution is -0.137. The molecule has 2 unspecified atom stereocenters. The smallest absolute Gasteiger partial charge is 0.396 e. The minimum atomic E-state index is -4.36. The number of hydrogen-bond acceptors (Lipinski definition) is 2. The molecular weight excluding hydrogens is 309 g/mol. The van der Waals surface area contributed by atoms with Crippen LogP contribution in [0.15, 0.2) is 24.3 Å². The molecule has 2 atom stereocenters. The predicted octanol–water partition coefficient (Wildman–Crippen LogP) is 3.18. The maximum atomic E-state index is 12.5. The van der Waals surface area contributed by atoms with Gasteiger partial charge in [-0.25, -0.2) is 4.79 Å². The van der Waals surface area contributed by atoms with E-state index >= 15 is 0 Å². The lowest BCUT2D eigenvalue weighted by atomic mass is 9.99. The normalized spacial score (nSPS) is 20.2. The summed E-state index contributed by atoms with van der Waals surface area (Å²) < 4.78 is 37.6. The Balaban J connectivity index is 1.95. The van der Waals surface area contributed by atoms with Crippen LogP contribution >= 0.6 is 0 Å². The third-order valence-electron chi connectivity index (χ3n) is 4.14. The van der Waals surface area contributed by atoms with Gasteiger partial charge in [0, 0.05) is 19.7 Å². The summed E-state index contributed by atoms with van der Waals surface area (Å²) in [5.41, 5.74) is -0.0938. The number of nitrogens with one attached hydrogen (secondary N) is 1. The number of benzene rings is 1. The SMILES string of the molecule is CC(NC(=O)N1CCCC(CO)C1)c1ccc(C(F)(F)F)cc1. The molecule has 0 aliphatic carbocycles. The van der Waals surface area contributed by atoms with E-state index in [-0.39, 0.29) is 24.6 Å². The number of aliphatic hydroxyl groups is 1. The van der Waals surface area contributed by atoms with Crippen molar-refractivity contribution in [2.75, 3.05) is 19.7 Å². The zero-order valence-corrected chi connectivity index (χ0v) is 12.9. The maximum absolute atomic E-state index is 12.5. The molecule has 0 bridgehead atoms. The number of urea groups is 1. The number of carbonyl (C=O) groups is 1. The molecule has 1 aromatic rings. The third-order valence-corrected chi connectivity index (χ3v) is 4.14. The van der Waals surface area contributed by atoms with Crippen molar-refractivity contribution in [2.45, 2.75) is 32.0 Å². The Morgan fingerprint density at radius 3 is 2.61 bits per heavy atom. The van der Waals surface area contributed by atoms with Gasteiger partial charge in [-0.1, -0.05) is 12.1 Å². The number of carbonyl (C=O) groups excluding carboxylic acids is 1. The molecule has 0 spiro atoms. The van der Waals surface area contributed by atoms with Gasteiger partial charge in [-0.15, -0.1) is 0 Å². The van der Waals surface area contributed by atoms with Gasteiger partial charge in [0.1, 0.15) is 0 Å². The van der Waals surface area contributed by atoms with E-state index in [0.29, 0.717) is 18.7 Å². The Morgan fingerprint density at radius 1 is 1.39 bits per heavy atom. The van der Waals surface area contributed by atoms with Crippen molar-refractivity contribution in [3.05, 3.63) is 35.4 Å². The second-order valence-corrected chi connectivity index (χ2v) is 5.93. The number of nitrogens with zero attached hydrogens (tertiary/aromatic N) is 1. The van der Waals surface area contributed by atoms with Crippen molar-refractivity contribution in [3.8, 4) is 0 Å². The fourth-order valence-corrected chi connectivity index (χ4v) is 2.72. The number of alkyl halides is 3. The van der Waals surface area contributed by atoms with Gasteiger partial charge in [0.15, 0.2) is 0 Å². The topological polar surface area (TPSA) is 52.6 Å². The van der Waals surface area contributed by atoms with Crippen LogP contribution in [0.2, 0.25) is 0 Å². The van der Waals surface area contributed by atoms with E-state index in [2.05, 4.69) is 5.32 Å². The van der Waals surface area contributed by atoms with Gasteiger partial charge >= 0.3 is 12.2 Å². The number of halogens is 3. The summed E-state index contributed by atoms with van der Waals surface area (Å²) in [6.07, 6.45) is -2.62. The van der Waals surface area contributed by atoms with Crippen LogP contribution in [0.5, 0.6) is 0 Å². The monoisotopic (exact) mass is 330 g/mol. The van der Waals surface area contributed by atoms with Gasteiger partial charge in [0.25, 0.3) is 0 Å². The first-order chi connectivity index (χ1) is 10.8. The van der Waals surface area contributed by atoms with Gasteiger partial charge in [-0.2, -0.15) is 13.2 Å². The minimum absolute atomic E-state index is 0.0538. The van der Waals surface area contributed by atoms with Gasteiger partial charge in [-0.05, 0) is 43.4 Å². The molecule has 1 fully saturated rings. The molecule has 2 N–H and O–H groups in total. The van der Waals surface area contributed by atoms with Gasteiger partial charge < -0.3 is 15.3 Å². The highest BCUT2D eigenvalue weighted by Crippen LogP contribution is 2.30. The van der Waals surface area contributed by atoms with E-state index < -0.39 is 11.7 Å². The lowest BCUT2D eigenvalue weighted by Gasteiger charge is -2.32. The highest BCUT2D eigenvalue weighted by Gasteiger charge is 2.30. The fraction of sp³-hybridized carbons (Fsp3) is 0.562. The first kappa shape index (κ1) is 17.6. The Kier molecular flexibility index (Phi) is 5.51. The Bertz CT molecular complexity index is 531. The lowest BCUT2D eigenvalue weighted by Crippen LogP contribution is -2.46. The van der Waals surface area contributed by atoms with E-state index in [4.69, 9.17) is 0 Å². The number of piperidine rings is 1. The van der Waals surface area contributed by atoms with E-state index in [1.807, 2.05) is 0 Å². The Labute approximate surface area is 133 Å². The second-order valence-electron chi connectivity index (χ2n) is 5.93. The second kappa shape index (κ2) is 7.21. The van der Waals surface area contributed by atoms with E-state index in [9.17, 15) is 23.1 Å². The molecule has 0 saturated carbocycles. The zero-order valence-electron chi connectivity index (χ0n) is 12.9. The molecule has 1 heterocycles. The maximum Gasteiger partial charge on any atom is 0.416 e. The summed E-state index contributed by atoms with van der Waals surface area (Å²) in [7, 11) is 0. The molecule has 23 heavy (non-hydrogen) atoms. The molecule has 7 heteroatoms. The van der Waals surface area contributed by atoms with Crippen LogP contribution in [0.3, 0.4) is 0 Å². The van der Waals surface area contributed by atoms with Crippen LogP contribution in [0.25, 0.3) is 0 Å². The van der Waals surface area contributed by atoms with Crippen molar-refractivity contribution in [1.29, 1.82) is 0 Å². The van der Waals surface area contributed by atoms with Gasteiger partial charge in [-0.3, -0.25) is 0 Å². The molecule has 0 aromatic heterocycles. The summed E-state index contributed by atoms with van der Waals surface area (Å²) >= 11 is 0. The van der Waals surface area contributed by atoms with E-state index in [1.54, 1.807) is 11.8 Å². The van der Waals surface area contributed by atoms with Crippen LogP contribution in [0.1, 0.15) is 36.9 Å². The summed E-state index contributed by atoms with van der Waals surface area (Å²) in [6.45, 7) is 2.91. The highest BCUT2D eigenvalue weighted by molar-refractivity contribution is 5.74. The van der Waals surface area contributed by atoms with Crippen molar-refractivity contribution in [1.82, 2.24) is 10.2 Å². The van der Waals surface area contributed by atoms with Crippen LogP contribution in [-0.2, 0) is 6.18 Å². The predicted molar refractivity (Wildman–Crippen MR) is 79.8 cm³/mol. The largest absolute Gasteiger partial charge is 0.416 e. The van der Waals surface area contributed by atoms with Crippen molar-refractivity contribution in [2.24, 2.45) is 5.92 Å². The third kappa shape index (κ3) is 4.60. The zero-order chi connectivity index (χ0) is 17.0. The summed E-state index contributed by atoms with van der Waals surface area (Å²) in [5.74, 6) is 0.0934. The molecule has 0 radical (unpaired) electrons. The number of likely N-dealkylation sites (tertiary alicyclic amines) is 1. The van der Waals surface area contributed by atoms with Crippen molar-refractivity contribution >= 4 is 6.03 Å². The van der Waals surface area contributed by atoms with E-state index in [1.165, 1.54) is 12.1 Å². The standard InChI is InChI=1S/C16H21F3N2O2/c1-11(13-4-6-14(7-5-13)16(17,18)19)20-15(23)21-8-2-3-12(9-21)10-22/h4-7,11-12,22H,2-3,8-10H2,1H3,(H,20,23). The molecule has 1 aliphatic rings. The molecule has 4 nitrogen and oxygen atoms in total. The summed E-state index contributed by atoms with van der Waals surface area (Å²) in [4.78, 5) is 13.9. The average Bonchev–Trinajstić information content (AvgIpc) is 2.54. The minimum Gasteiger partial charge on any atom is -0.396 e. The Morgan fingerprint density at radius 2 is 2.04 bits per heavy atom. The molecule has 2 amide bonds. The molecule has 1 aliphatic heterocycles. The van der Waals surface area contributed by atoms with Gasteiger partial charge in [0.05, 0.1) is 11.6 Å². The van der Waals surface area contributed by atoms with Crippen LogP contribution in [0.4, 0.5) is 18.0 Å². The van der Waals surface area contributed by atoms with Crippen LogP contribution < -0.4 is 5.32 Å². The van der Waals surface area contributed by atoms with E-state index in [0.717, 1.165) is 25.0 Å². The molecule has 1 saturated heterocycles.